The van der Waals surface area contributed by atoms with Gasteiger partial charge in [0.25, 0.3) is 0 Å². The van der Waals surface area contributed by atoms with Crippen molar-refractivity contribution in [2.24, 2.45) is 0 Å². The summed E-state index contributed by atoms with van der Waals surface area (Å²) in [5.41, 5.74) is 5.75. The zero-order valence-corrected chi connectivity index (χ0v) is 14.3. The van der Waals surface area contributed by atoms with Gasteiger partial charge in [-0.2, -0.15) is 5.10 Å². The number of hydrogen-bond acceptors (Lipinski definition) is 4. The third-order valence-electron chi connectivity index (χ3n) is 4.29. The van der Waals surface area contributed by atoms with Crippen molar-refractivity contribution in [2.45, 2.75) is 6.92 Å². The molecule has 26 heavy (non-hydrogen) atoms. The first-order chi connectivity index (χ1) is 12.8. The molecule has 2 heterocycles. The topological polar surface area (TPSA) is 58.9 Å². The summed E-state index contributed by atoms with van der Waals surface area (Å²) in [5.74, 6) is 0.176. The van der Waals surface area contributed by atoms with E-state index in [1.165, 1.54) is 0 Å². The molecular weight excluding hydrogens is 322 g/mol. The van der Waals surface area contributed by atoms with Gasteiger partial charge < -0.3 is 5.11 Å². The molecule has 0 saturated carbocycles. The summed E-state index contributed by atoms with van der Waals surface area (Å²) in [7, 11) is 0. The quantitative estimate of drug-likeness (QED) is 0.577. The van der Waals surface area contributed by atoms with Gasteiger partial charge in [0.2, 0.25) is 0 Å². The van der Waals surface area contributed by atoms with Gasteiger partial charge >= 0.3 is 0 Å². The monoisotopic (exact) mass is 339 g/mol. The van der Waals surface area contributed by atoms with Gasteiger partial charge in [0.1, 0.15) is 11.4 Å². The minimum atomic E-state index is 0.176. The highest BCUT2D eigenvalue weighted by molar-refractivity contribution is 5.93. The highest BCUT2D eigenvalue weighted by Gasteiger charge is 2.20. The third-order valence-corrected chi connectivity index (χ3v) is 4.29. The zero-order valence-electron chi connectivity index (χ0n) is 14.3. The number of aromatic nitrogens is 3. The van der Waals surface area contributed by atoms with Crippen molar-refractivity contribution < 1.29 is 5.11 Å². The van der Waals surface area contributed by atoms with Crippen molar-refractivity contribution in [3.63, 3.8) is 0 Å². The van der Waals surface area contributed by atoms with Crippen LogP contribution in [0, 0.1) is 6.92 Å². The maximum absolute atomic E-state index is 10.4. The molecule has 4 heteroatoms. The molecule has 2 aromatic heterocycles. The Morgan fingerprint density at radius 3 is 2.19 bits per heavy atom. The van der Waals surface area contributed by atoms with Crippen molar-refractivity contribution in [1.82, 2.24) is 15.2 Å². The highest BCUT2D eigenvalue weighted by atomic mass is 16.3. The minimum absolute atomic E-state index is 0.176. The van der Waals surface area contributed by atoms with Crippen LogP contribution in [-0.2, 0) is 0 Å². The number of para-hydroxylation sites is 1. The van der Waals surface area contributed by atoms with Crippen LogP contribution in [0.1, 0.15) is 5.69 Å². The van der Waals surface area contributed by atoms with E-state index < -0.39 is 0 Å². The lowest BCUT2D eigenvalue weighted by molar-refractivity contribution is 0.477. The van der Waals surface area contributed by atoms with Crippen molar-refractivity contribution in [3.8, 4) is 39.4 Å². The molecule has 0 saturated heterocycles. The number of rotatable bonds is 3. The number of aryl methyl sites for hydroxylation is 1. The van der Waals surface area contributed by atoms with Crippen molar-refractivity contribution in [3.05, 3.63) is 84.7 Å². The normalized spacial score (nSPS) is 10.7. The number of aromatic hydroxyl groups is 1. The van der Waals surface area contributed by atoms with Gasteiger partial charge in [0.05, 0.1) is 11.4 Å². The Labute approximate surface area is 151 Å². The fourth-order valence-electron chi connectivity index (χ4n) is 3.10. The van der Waals surface area contributed by atoms with Crippen LogP contribution in [0.15, 0.2) is 79.0 Å². The number of nitrogens with zero attached hydrogens (tertiary/aromatic N) is 3. The first kappa shape index (κ1) is 16.0. The largest absolute Gasteiger partial charge is 0.507 e. The molecule has 0 spiro atoms. The molecule has 0 radical (unpaired) electrons. The number of benzene rings is 2. The fourth-order valence-corrected chi connectivity index (χ4v) is 3.10. The smallest absolute Gasteiger partial charge is 0.125 e. The summed E-state index contributed by atoms with van der Waals surface area (Å²) < 4.78 is 0. The van der Waals surface area contributed by atoms with Crippen LogP contribution in [0.4, 0.5) is 0 Å². The van der Waals surface area contributed by atoms with E-state index in [0.29, 0.717) is 11.3 Å². The second-order valence-corrected chi connectivity index (χ2v) is 5.98. The summed E-state index contributed by atoms with van der Waals surface area (Å²) in [6.45, 7) is 1.93. The number of pyridine rings is 1. The predicted molar refractivity (Wildman–Crippen MR) is 103 cm³/mol. The molecule has 4 aromatic rings. The number of phenolic OH excluding ortho intramolecular Hbond substituents is 1. The second-order valence-electron chi connectivity index (χ2n) is 5.98. The van der Waals surface area contributed by atoms with E-state index in [0.717, 1.165) is 28.1 Å². The standard InChI is InChI=1S/C22H17N3O/c1-15-20(18-12-7-8-14-23-18)21(16-9-3-2-4-10-16)22(25-24-15)17-11-5-6-13-19(17)26/h2-14,26H,1H3. The van der Waals surface area contributed by atoms with Crippen LogP contribution in [0.25, 0.3) is 33.6 Å². The van der Waals surface area contributed by atoms with Gasteiger partial charge in [-0.25, -0.2) is 0 Å². The average Bonchev–Trinajstić information content (AvgIpc) is 2.70. The first-order valence-electron chi connectivity index (χ1n) is 8.38. The molecule has 0 atom stereocenters. The Hall–Kier alpha value is -3.53. The Morgan fingerprint density at radius 2 is 1.46 bits per heavy atom. The van der Waals surface area contributed by atoms with Gasteiger partial charge in [0, 0.05) is 22.9 Å². The van der Waals surface area contributed by atoms with Crippen molar-refractivity contribution >= 4 is 0 Å². The maximum Gasteiger partial charge on any atom is 0.125 e. The molecule has 0 bridgehead atoms. The molecule has 1 N–H and O–H groups in total. The van der Waals surface area contributed by atoms with Crippen LogP contribution < -0.4 is 0 Å². The second kappa shape index (κ2) is 6.76. The molecule has 4 rings (SSSR count). The van der Waals surface area contributed by atoms with Crippen LogP contribution in [-0.4, -0.2) is 20.3 Å². The molecule has 0 aliphatic carbocycles. The van der Waals surface area contributed by atoms with E-state index in [1.54, 1.807) is 18.3 Å². The zero-order chi connectivity index (χ0) is 17.9. The lowest BCUT2D eigenvalue weighted by atomic mass is 9.92. The molecule has 4 nitrogen and oxygen atoms in total. The molecule has 126 valence electrons. The number of phenols is 1. The summed E-state index contributed by atoms with van der Waals surface area (Å²) in [6.07, 6.45) is 1.77. The molecule has 0 fully saturated rings. The van der Waals surface area contributed by atoms with Crippen LogP contribution >= 0.6 is 0 Å². The fraction of sp³-hybridized carbons (Fsp3) is 0.0455. The Kier molecular flexibility index (Phi) is 4.15. The van der Waals surface area contributed by atoms with E-state index in [4.69, 9.17) is 0 Å². The summed E-state index contributed by atoms with van der Waals surface area (Å²) >= 11 is 0. The third kappa shape index (κ3) is 2.82. The van der Waals surface area contributed by atoms with Crippen LogP contribution in [0.3, 0.4) is 0 Å². The van der Waals surface area contributed by atoms with E-state index >= 15 is 0 Å². The average molecular weight is 339 g/mol. The Bertz CT molecular complexity index is 1050. The van der Waals surface area contributed by atoms with Crippen LogP contribution in [0.2, 0.25) is 0 Å². The lowest BCUT2D eigenvalue weighted by Gasteiger charge is -2.16. The molecule has 0 aliphatic rings. The highest BCUT2D eigenvalue weighted by Crippen LogP contribution is 2.41. The van der Waals surface area contributed by atoms with E-state index in [1.807, 2.05) is 67.6 Å². The van der Waals surface area contributed by atoms with Crippen molar-refractivity contribution in [2.75, 3.05) is 0 Å². The van der Waals surface area contributed by atoms with E-state index in [9.17, 15) is 5.11 Å². The van der Waals surface area contributed by atoms with Gasteiger partial charge in [-0.3, -0.25) is 4.98 Å². The molecule has 2 aromatic carbocycles. The van der Waals surface area contributed by atoms with Gasteiger partial charge in [-0.1, -0.05) is 48.5 Å². The maximum atomic E-state index is 10.4. The molecule has 0 unspecified atom stereocenters. The summed E-state index contributed by atoms with van der Waals surface area (Å²) in [6, 6.07) is 23.0. The van der Waals surface area contributed by atoms with Gasteiger partial charge in [-0.05, 0) is 36.8 Å². The van der Waals surface area contributed by atoms with Crippen molar-refractivity contribution in [1.29, 1.82) is 0 Å². The lowest BCUT2D eigenvalue weighted by Crippen LogP contribution is -2.01. The summed E-state index contributed by atoms with van der Waals surface area (Å²) in [4.78, 5) is 4.52. The minimum Gasteiger partial charge on any atom is -0.507 e. The first-order valence-corrected chi connectivity index (χ1v) is 8.38. The molecule has 0 amide bonds. The SMILES string of the molecule is Cc1nnc(-c2ccccc2O)c(-c2ccccc2)c1-c1ccccn1. The predicted octanol–water partition coefficient (Wildman–Crippen LogP) is 4.89. The van der Waals surface area contributed by atoms with Gasteiger partial charge in [-0.15, -0.1) is 5.10 Å². The van der Waals surface area contributed by atoms with Gasteiger partial charge in [0.15, 0.2) is 0 Å². The molecule has 0 aliphatic heterocycles. The summed E-state index contributed by atoms with van der Waals surface area (Å²) in [5, 5.41) is 19.2. The van der Waals surface area contributed by atoms with E-state index in [-0.39, 0.29) is 5.75 Å². The number of hydrogen-bond donors (Lipinski definition) is 1. The Balaban J connectivity index is 2.10. The van der Waals surface area contributed by atoms with Crippen LogP contribution in [0.5, 0.6) is 5.75 Å². The Morgan fingerprint density at radius 1 is 0.731 bits per heavy atom. The van der Waals surface area contributed by atoms with E-state index in [2.05, 4.69) is 15.2 Å². The molecular formula is C22H17N3O.